The van der Waals surface area contributed by atoms with Gasteiger partial charge in [0, 0.05) is 16.1 Å². The molecule has 2 fully saturated rings. The molecule has 2 aromatic carbocycles. The van der Waals surface area contributed by atoms with E-state index < -0.39 is 0 Å². The monoisotopic (exact) mass is 441 g/mol. The highest BCUT2D eigenvalue weighted by atomic mass is 79.9. The van der Waals surface area contributed by atoms with Crippen molar-refractivity contribution in [2.45, 2.75) is 25.7 Å². The molecule has 144 valence electrons. The number of hydrogen-bond donors (Lipinski definition) is 0. The lowest BCUT2D eigenvalue weighted by atomic mass is 9.81. The van der Waals surface area contributed by atoms with E-state index in [2.05, 4.69) is 15.9 Å². The minimum atomic E-state index is -0.190. The van der Waals surface area contributed by atoms with Gasteiger partial charge in [-0.2, -0.15) is 0 Å². The number of carbonyl (C=O) groups is 3. The number of nitrogens with zero attached hydrogens (tertiary/aromatic N) is 1. The van der Waals surface area contributed by atoms with Gasteiger partial charge < -0.3 is 4.74 Å². The third-order valence-electron chi connectivity index (χ3n) is 5.45. The predicted octanol–water partition coefficient (Wildman–Crippen LogP) is 4.39. The molecule has 0 unspecified atom stereocenters. The average molecular weight is 442 g/mol. The minimum absolute atomic E-state index is 0.113. The van der Waals surface area contributed by atoms with Crippen LogP contribution in [0.3, 0.4) is 0 Å². The fourth-order valence-corrected chi connectivity index (χ4v) is 4.26. The van der Waals surface area contributed by atoms with Crippen LogP contribution < -0.4 is 9.64 Å². The number of amides is 2. The molecule has 2 aliphatic rings. The summed E-state index contributed by atoms with van der Waals surface area (Å²) in [6.45, 7) is -0.113. The van der Waals surface area contributed by atoms with E-state index in [9.17, 15) is 14.4 Å². The highest BCUT2D eigenvalue weighted by Gasteiger charge is 2.48. The first kappa shape index (κ1) is 18.9. The van der Waals surface area contributed by atoms with E-state index in [1.54, 1.807) is 48.5 Å². The molecule has 2 atom stereocenters. The number of carbonyl (C=O) groups excluding carboxylic acids is 3. The number of imide groups is 1. The number of ether oxygens (including phenoxy) is 1. The summed E-state index contributed by atoms with van der Waals surface area (Å²) in [5.41, 5.74) is 1.08. The van der Waals surface area contributed by atoms with Crippen LogP contribution in [0.4, 0.5) is 5.69 Å². The van der Waals surface area contributed by atoms with E-state index in [4.69, 9.17) is 4.74 Å². The Kier molecular flexibility index (Phi) is 5.31. The van der Waals surface area contributed by atoms with Crippen molar-refractivity contribution in [1.29, 1.82) is 0 Å². The fourth-order valence-electron chi connectivity index (χ4n) is 4.00. The first-order valence-electron chi connectivity index (χ1n) is 9.44. The Morgan fingerprint density at radius 1 is 1.00 bits per heavy atom. The van der Waals surface area contributed by atoms with E-state index in [0.717, 1.165) is 30.2 Å². The number of fused-ring (bicyclic) bond motifs is 1. The number of anilines is 1. The van der Waals surface area contributed by atoms with Crippen molar-refractivity contribution in [2.75, 3.05) is 11.5 Å². The molecule has 0 aromatic heterocycles. The summed E-state index contributed by atoms with van der Waals surface area (Å²) in [6.07, 6.45) is 3.55. The van der Waals surface area contributed by atoms with E-state index in [0.29, 0.717) is 17.0 Å². The predicted molar refractivity (Wildman–Crippen MR) is 108 cm³/mol. The van der Waals surface area contributed by atoms with Crippen LogP contribution in [0.1, 0.15) is 36.0 Å². The van der Waals surface area contributed by atoms with E-state index in [1.807, 2.05) is 0 Å². The van der Waals surface area contributed by atoms with Crippen LogP contribution in [0.25, 0.3) is 0 Å². The van der Waals surface area contributed by atoms with Gasteiger partial charge in [0.1, 0.15) is 5.75 Å². The molecule has 0 N–H and O–H groups in total. The van der Waals surface area contributed by atoms with Gasteiger partial charge >= 0.3 is 0 Å². The van der Waals surface area contributed by atoms with Gasteiger partial charge in [0.2, 0.25) is 11.8 Å². The van der Waals surface area contributed by atoms with Gasteiger partial charge in [-0.3, -0.25) is 14.4 Å². The summed E-state index contributed by atoms with van der Waals surface area (Å²) in [5, 5.41) is 0. The van der Waals surface area contributed by atoms with Crippen molar-refractivity contribution in [3.8, 4) is 5.75 Å². The van der Waals surface area contributed by atoms with Crippen molar-refractivity contribution in [3.05, 3.63) is 58.6 Å². The minimum Gasteiger partial charge on any atom is -0.485 e. The van der Waals surface area contributed by atoms with Crippen molar-refractivity contribution in [3.63, 3.8) is 0 Å². The highest BCUT2D eigenvalue weighted by Crippen LogP contribution is 2.40. The molecule has 1 aliphatic heterocycles. The second-order valence-corrected chi connectivity index (χ2v) is 8.14. The summed E-state index contributed by atoms with van der Waals surface area (Å²) in [4.78, 5) is 39.1. The lowest BCUT2D eigenvalue weighted by molar-refractivity contribution is -0.122. The molecule has 2 amide bonds. The number of ketones is 1. The molecule has 0 bridgehead atoms. The van der Waals surface area contributed by atoms with Crippen molar-refractivity contribution in [2.24, 2.45) is 11.8 Å². The highest BCUT2D eigenvalue weighted by molar-refractivity contribution is 9.10. The Morgan fingerprint density at radius 2 is 1.64 bits per heavy atom. The number of Topliss-reactive ketones (excluding diaryl/α,β-unsaturated/α-hetero) is 1. The summed E-state index contributed by atoms with van der Waals surface area (Å²) >= 11 is 3.34. The van der Waals surface area contributed by atoms with Crippen LogP contribution in [-0.4, -0.2) is 24.2 Å². The van der Waals surface area contributed by atoms with Crippen molar-refractivity contribution >= 4 is 39.2 Å². The lowest BCUT2D eigenvalue weighted by Gasteiger charge is -2.19. The zero-order valence-corrected chi connectivity index (χ0v) is 16.9. The number of hydrogen-bond acceptors (Lipinski definition) is 4. The lowest BCUT2D eigenvalue weighted by Crippen LogP contribution is -2.30. The van der Waals surface area contributed by atoms with Gasteiger partial charge in [0.05, 0.1) is 17.5 Å². The van der Waals surface area contributed by atoms with Crippen LogP contribution in [0.5, 0.6) is 5.75 Å². The largest absolute Gasteiger partial charge is 0.485 e. The molecule has 0 spiro atoms. The Balaban J connectivity index is 1.47. The second kappa shape index (κ2) is 7.87. The van der Waals surface area contributed by atoms with Gasteiger partial charge in [-0.15, -0.1) is 0 Å². The van der Waals surface area contributed by atoms with Crippen LogP contribution in [0.15, 0.2) is 53.0 Å². The molecule has 28 heavy (non-hydrogen) atoms. The summed E-state index contributed by atoms with van der Waals surface area (Å²) in [5.74, 6) is -0.291. The van der Waals surface area contributed by atoms with Crippen molar-refractivity contribution in [1.82, 2.24) is 0 Å². The smallest absolute Gasteiger partial charge is 0.237 e. The Labute approximate surface area is 171 Å². The number of benzene rings is 2. The zero-order chi connectivity index (χ0) is 19.7. The maximum absolute atomic E-state index is 12.7. The van der Waals surface area contributed by atoms with Crippen LogP contribution >= 0.6 is 15.9 Å². The molecule has 1 aliphatic carbocycles. The summed E-state index contributed by atoms with van der Waals surface area (Å²) in [6, 6.07) is 13.9. The SMILES string of the molecule is O=C(COc1cccc(N2C(=O)[C@H]3CCCC[C@@H]3C2=O)c1)c1ccc(Br)cc1. The van der Waals surface area contributed by atoms with E-state index in [1.165, 1.54) is 4.90 Å². The number of rotatable bonds is 5. The molecular formula is C22H20BrNO4. The molecule has 6 heteroatoms. The molecule has 0 radical (unpaired) electrons. The van der Waals surface area contributed by atoms with Crippen molar-refractivity contribution < 1.29 is 19.1 Å². The summed E-state index contributed by atoms with van der Waals surface area (Å²) < 4.78 is 6.53. The second-order valence-electron chi connectivity index (χ2n) is 7.23. The third kappa shape index (κ3) is 3.61. The standard InChI is InChI=1S/C22H20BrNO4/c23-15-10-8-14(9-11-15)20(25)13-28-17-5-3-4-16(12-17)24-21(26)18-6-1-2-7-19(18)22(24)27/h3-5,8-12,18-19H,1-2,6-7,13H2/t18-,19-/m0/s1. The van der Waals surface area contributed by atoms with E-state index >= 15 is 0 Å². The molecule has 1 saturated heterocycles. The Bertz CT molecular complexity index is 900. The summed E-state index contributed by atoms with van der Waals surface area (Å²) in [7, 11) is 0. The zero-order valence-electron chi connectivity index (χ0n) is 15.3. The van der Waals surface area contributed by atoms with Crippen LogP contribution in [0, 0.1) is 11.8 Å². The third-order valence-corrected chi connectivity index (χ3v) is 5.98. The van der Waals surface area contributed by atoms with Gasteiger partial charge in [-0.05, 0) is 37.1 Å². The normalized spacial score (nSPS) is 21.5. The maximum atomic E-state index is 12.7. The fraction of sp³-hybridized carbons (Fsp3) is 0.318. The maximum Gasteiger partial charge on any atom is 0.237 e. The molecule has 2 aromatic rings. The topological polar surface area (TPSA) is 63.7 Å². The molecule has 1 heterocycles. The van der Waals surface area contributed by atoms with E-state index in [-0.39, 0.29) is 36.0 Å². The first-order chi connectivity index (χ1) is 13.5. The van der Waals surface area contributed by atoms with Gasteiger partial charge in [0.15, 0.2) is 12.4 Å². The quantitative estimate of drug-likeness (QED) is 0.509. The van der Waals surface area contributed by atoms with Crippen LogP contribution in [0.2, 0.25) is 0 Å². The molecule has 1 saturated carbocycles. The van der Waals surface area contributed by atoms with Gasteiger partial charge in [-0.25, -0.2) is 4.90 Å². The first-order valence-corrected chi connectivity index (χ1v) is 10.2. The van der Waals surface area contributed by atoms with Gasteiger partial charge in [-0.1, -0.05) is 47.0 Å². The van der Waals surface area contributed by atoms with Gasteiger partial charge in [0.25, 0.3) is 0 Å². The molecule has 4 rings (SSSR count). The number of halogens is 1. The van der Waals surface area contributed by atoms with Crippen LogP contribution in [-0.2, 0) is 9.59 Å². The average Bonchev–Trinajstić information content (AvgIpc) is 2.98. The Morgan fingerprint density at radius 3 is 2.29 bits per heavy atom. The molecular weight excluding hydrogens is 422 g/mol. The Hall–Kier alpha value is -2.47. The molecule has 5 nitrogen and oxygen atoms in total.